The van der Waals surface area contributed by atoms with Crippen molar-refractivity contribution in [2.75, 3.05) is 24.3 Å². The van der Waals surface area contributed by atoms with Gasteiger partial charge in [-0.05, 0) is 17.7 Å². The number of nitrogens with one attached hydrogen (secondary N) is 2. The summed E-state index contributed by atoms with van der Waals surface area (Å²) < 4.78 is 23.6. The van der Waals surface area contributed by atoms with Crippen LogP contribution in [-0.2, 0) is 0 Å². The number of furan rings is 1. The molecule has 0 fully saturated rings. The van der Waals surface area contributed by atoms with Gasteiger partial charge in [0.1, 0.15) is 12.5 Å². The third-order valence-electron chi connectivity index (χ3n) is 3.07. The number of benzene rings is 1. The van der Waals surface area contributed by atoms with Gasteiger partial charge in [0.25, 0.3) is 0 Å². The lowest BCUT2D eigenvalue weighted by molar-refractivity contribution is 0.386. The van der Waals surface area contributed by atoms with Crippen molar-refractivity contribution in [2.24, 2.45) is 0 Å². The van der Waals surface area contributed by atoms with E-state index in [1.807, 2.05) is 6.07 Å². The summed E-state index contributed by atoms with van der Waals surface area (Å²) in [4.78, 5) is 0. The predicted molar refractivity (Wildman–Crippen MR) is 66.5 cm³/mol. The highest BCUT2D eigenvalue weighted by Crippen LogP contribution is 2.33. The van der Waals surface area contributed by atoms with Gasteiger partial charge in [0, 0.05) is 6.54 Å². The second-order valence-electron chi connectivity index (χ2n) is 4.17. The molecule has 1 aromatic heterocycles. The van der Waals surface area contributed by atoms with Crippen LogP contribution in [0.4, 0.5) is 15.8 Å². The van der Waals surface area contributed by atoms with Crippen molar-refractivity contribution in [1.29, 1.82) is 0 Å². The first-order valence-electron chi connectivity index (χ1n) is 5.68. The topological polar surface area (TPSA) is 46.4 Å². The van der Waals surface area contributed by atoms with Crippen LogP contribution in [0.15, 0.2) is 35.1 Å². The molecule has 1 aromatic carbocycles. The van der Waals surface area contributed by atoms with Crippen LogP contribution < -0.4 is 15.4 Å². The number of hydrogen-bond acceptors (Lipinski definition) is 4. The van der Waals surface area contributed by atoms with Crippen LogP contribution >= 0.6 is 0 Å². The Morgan fingerprint density at radius 3 is 2.94 bits per heavy atom. The van der Waals surface area contributed by atoms with Gasteiger partial charge in [-0.3, -0.25) is 0 Å². The highest BCUT2D eigenvalue weighted by Gasteiger charge is 2.20. The van der Waals surface area contributed by atoms with Crippen LogP contribution in [0.5, 0.6) is 5.75 Å². The molecule has 1 atom stereocenters. The summed E-state index contributed by atoms with van der Waals surface area (Å²) in [6, 6.07) is 4.99. The zero-order chi connectivity index (χ0) is 12.5. The van der Waals surface area contributed by atoms with Crippen molar-refractivity contribution in [3.8, 4) is 5.75 Å². The molecule has 4 nitrogen and oxygen atoms in total. The summed E-state index contributed by atoms with van der Waals surface area (Å²) in [5, 5.41) is 6.52. The fourth-order valence-corrected chi connectivity index (χ4v) is 2.10. The number of rotatable bonds is 2. The number of anilines is 2. The van der Waals surface area contributed by atoms with E-state index in [1.54, 1.807) is 18.6 Å². The van der Waals surface area contributed by atoms with E-state index in [4.69, 9.17) is 9.15 Å². The average Bonchev–Trinajstić information content (AvgIpc) is 2.85. The molecular weight excluding hydrogens is 235 g/mol. The fraction of sp³-hybridized carbons (Fsp3) is 0.231. The highest BCUT2D eigenvalue weighted by atomic mass is 19.1. The summed E-state index contributed by atoms with van der Waals surface area (Å²) in [7, 11) is 1.45. The Hall–Kier alpha value is -2.17. The molecule has 0 saturated carbocycles. The minimum absolute atomic E-state index is 0.00973. The maximum atomic E-state index is 13.6. The smallest absolute Gasteiger partial charge is 0.165 e. The van der Waals surface area contributed by atoms with Gasteiger partial charge in [0.05, 0.1) is 24.5 Å². The summed E-state index contributed by atoms with van der Waals surface area (Å²) in [5.41, 5.74) is 2.69. The number of fused-ring (bicyclic) bond motifs is 1. The molecule has 2 N–H and O–H groups in total. The first-order chi connectivity index (χ1) is 8.78. The third-order valence-corrected chi connectivity index (χ3v) is 3.07. The number of halogens is 1. The average molecular weight is 248 g/mol. The Labute approximate surface area is 104 Å². The van der Waals surface area contributed by atoms with Crippen LogP contribution in [0.25, 0.3) is 0 Å². The number of hydrogen-bond donors (Lipinski definition) is 2. The maximum Gasteiger partial charge on any atom is 0.165 e. The fourth-order valence-electron chi connectivity index (χ4n) is 2.10. The van der Waals surface area contributed by atoms with Crippen LogP contribution in [0.1, 0.15) is 11.6 Å². The summed E-state index contributed by atoms with van der Waals surface area (Å²) in [6.07, 6.45) is 3.28. The minimum atomic E-state index is -0.352. The van der Waals surface area contributed by atoms with Crippen molar-refractivity contribution in [3.63, 3.8) is 0 Å². The first-order valence-corrected chi connectivity index (χ1v) is 5.68. The van der Waals surface area contributed by atoms with E-state index in [2.05, 4.69) is 10.6 Å². The van der Waals surface area contributed by atoms with Gasteiger partial charge < -0.3 is 19.8 Å². The molecule has 0 spiro atoms. The van der Waals surface area contributed by atoms with Crippen molar-refractivity contribution in [1.82, 2.24) is 0 Å². The predicted octanol–water partition coefficient (Wildman–Crippen LogP) is 3.01. The largest absolute Gasteiger partial charge is 0.494 e. The lowest BCUT2D eigenvalue weighted by atomic mass is 10.0. The molecule has 1 aliphatic rings. The van der Waals surface area contributed by atoms with Crippen molar-refractivity contribution >= 4 is 11.4 Å². The molecule has 0 aliphatic carbocycles. The van der Waals surface area contributed by atoms with E-state index in [1.165, 1.54) is 13.2 Å². The van der Waals surface area contributed by atoms with Crippen LogP contribution in [0.2, 0.25) is 0 Å². The van der Waals surface area contributed by atoms with Gasteiger partial charge in [-0.1, -0.05) is 6.07 Å². The molecule has 0 bridgehead atoms. The SMILES string of the molecule is COc1ccc(C2CNc3cocc3N2)cc1F. The molecule has 18 heavy (non-hydrogen) atoms. The van der Waals surface area contributed by atoms with E-state index in [9.17, 15) is 4.39 Å². The molecule has 1 unspecified atom stereocenters. The Kier molecular flexibility index (Phi) is 2.59. The van der Waals surface area contributed by atoms with Gasteiger partial charge in [-0.2, -0.15) is 0 Å². The van der Waals surface area contributed by atoms with E-state index in [0.717, 1.165) is 16.9 Å². The molecule has 5 heteroatoms. The van der Waals surface area contributed by atoms with E-state index in [-0.39, 0.29) is 17.6 Å². The van der Waals surface area contributed by atoms with E-state index < -0.39 is 0 Å². The molecule has 3 rings (SSSR count). The summed E-state index contributed by atoms with van der Waals surface area (Å²) >= 11 is 0. The Bertz CT molecular complexity index is 568. The molecule has 0 saturated heterocycles. The first kappa shape index (κ1) is 11.0. The molecule has 0 amide bonds. The van der Waals surface area contributed by atoms with E-state index >= 15 is 0 Å². The lowest BCUT2D eigenvalue weighted by Crippen LogP contribution is -2.25. The second kappa shape index (κ2) is 4.25. The molecule has 0 radical (unpaired) electrons. The molecular formula is C13H13FN2O2. The number of ether oxygens (including phenoxy) is 1. The van der Waals surface area contributed by atoms with E-state index in [0.29, 0.717) is 6.54 Å². The molecule has 94 valence electrons. The Balaban J connectivity index is 1.86. The van der Waals surface area contributed by atoms with Crippen molar-refractivity contribution < 1.29 is 13.5 Å². The van der Waals surface area contributed by atoms with Gasteiger partial charge in [-0.15, -0.1) is 0 Å². The minimum Gasteiger partial charge on any atom is -0.494 e. The van der Waals surface area contributed by atoms with Crippen LogP contribution in [0, 0.1) is 5.82 Å². The third kappa shape index (κ3) is 1.77. The second-order valence-corrected chi connectivity index (χ2v) is 4.17. The van der Waals surface area contributed by atoms with Crippen molar-refractivity contribution in [3.05, 3.63) is 42.1 Å². The normalized spacial score (nSPS) is 17.6. The zero-order valence-corrected chi connectivity index (χ0v) is 9.87. The van der Waals surface area contributed by atoms with Crippen LogP contribution in [-0.4, -0.2) is 13.7 Å². The zero-order valence-electron chi connectivity index (χ0n) is 9.87. The van der Waals surface area contributed by atoms with Gasteiger partial charge in [0.2, 0.25) is 0 Å². The standard InChI is InChI=1S/C13H13FN2O2/c1-17-13-3-2-8(4-9(13)14)10-5-15-11-6-18-7-12(11)16-10/h2-4,6-7,10,15-16H,5H2,1H3. The van der Waals surface area contributed by atoms with Gasteiger partial charge in [0.15, 0.2) is 11.6 Å². The molecule has 2 heterocycles. The monoisotopic (exact) mass is 248 g/mol. The molecule has 1 aliphatic heterocycles. The lowest BCUT2D eigenvalue weighted by Gasteiger charge is -2.26. The van der Waals surface area contributed by atoms with Gasteiger partial charge >= 0.3 is 0 Å². The summed E-state index contributed by atoms with van der Waals surface area (Å²) in [5.74, 6) is -0.0960. The number of methoxy groups -OCH3 is 1. The van der Waals surface area contributed by atoms with Gasteiger partial charge in [-0.25, -0.2) is 4.39 Å². The Morgan fingerprint density at radius 2 is 2.17 bits per heavy atom. The highest BCUT2D eigenvalue weighted by molar-refractivity contribution is 5.69. The quantitative estimate of drug-likeness (QED) is 0.857. The molecule has 2 aromatic rings. The van der Waals surface area contributed by atoms with Crippen molar-refractivity contribution in [2.45, 2.75) is 6.04 Å². The Morgan fingerprint density at radius 1 is 1.33 bits per heavy atom. The summed E-state index contributed by atoms with van der Waals surface area (Å²) in [6.45, 7) is 0.679. The van der Waals surface area contributed by atoms with Crippen LogP contribution in [0.3, 0.4) is 0 Å². The maximum absolute atomic E-state index is 13.6.